The number of anilines is 1. The van der Waals surface area contributed by atoms with Crippen LogP contribution < -0.4 is 10.2 Å². The number of benzene rings is 1. The smallest absolute Gasteiger partial charge is 0.279 e. The number of amides is 1. The van der Waals surface area contributed by atoms with Gasteiger partial charge in [-0.25, -0.2) is 0 Å². The fraction of sp³-hybridized carbons (Fsp3) is 0.562. The van der Waals surface area contributed by atoms with Crippen LogP contribution >= 0.6 is 0 Å². The van der Waals surface area contributed by atoms with Crippen LogP contribution in [0.15, 0.2) is 18.2 Å². The van der Waals surface area contributed by atoms with E-state index >= 15 is 0 Å². The van der Waals surface area contributed by atoms with Crippen LogP contribution in [0.25, 0.3) is 0 Å². The molecular weight excluding hydrogens is 252 g/mol. The minimum atomic E-state index is 0.0821. The van der Waals surface area contributed by atoms with Crippen LogP contribution in [0.5, 0.6) is 0 Å². The summed E-state index contributed by atoms with van der Waals surface area (Å²) in [6.07, 6.45) is 0.448. The van der Waals surface area contributed by atoms with Crippen molar-refractivity contribution in [1.29, 1.82) is 0 Å². The Hall–Kier alpha value is -1.39. The summed E-state index contributed by atoms with van der Waals surface area (Å²) in [5.74, 6) is 0.0821. The van der Waals surface area contributed by atoms with Gasteiger partial charge in [0.1, 0.15) is 25.3 Å². The lowest BCUT2D eigenvalue weighted by Crippen LogP contribution is -3.16. The normalized spacial score (nSPS) is 26.3. The summed E-state index contributed by atoms with van der Waals surface area (Å²) in [4.78, 5) is 13.5. The molecule has 1 aliphatic rings. The van der Waals surface area contributed by atoms with Crippen molar-refractivity contribution in [3.63, 3.8) is 0 Å². The molecule has 1 amide bonds. The first kappa shape index (κ1) is 15.0. The van der Waals surface area contributed by atoms with Crippen LogP contribution in [-0.4, -0.2) is 37.7 Å². The summed E-state index contributed by atoms with van der Waals surface area (Å²) in [5, 5.41) is 3.05. The van der Waals surface area contributed by atoms with E-state index in [0.717, 1.165) is 29.9 Å². The van der Waals surface area contributed by atoms with Gasteiger partial charge in [0.25, 0.3) is 5.91 Å². The minimum absolute atomic E-state index is 0.0821. The summed E-state index contributed by atoms with van der Waals surface area (Å²) in [6, 6.07) is 6.06. The topological polar surface area (TPSA) is 42.8 Å². The molecule has 1 aromatic carbocycles. The predicted molar refractivity (Wildman–Crippen MR) is 80.1 cm³/mol. The Kier molecular flexibility index (Phi) is 4.78. The molecule has 0 saturated carbocycles. The number of quaternary nitrogens is 1. The Morgan fingerprint density at radius 1 is 1.25 bits per heavy atom. The molecule has 2 atom stereocenters. The predicted octanol–water partition coefficient (Wildman–Crippen LogP) is 0.934. The second kappa shape index (κ2) is 6.37. The van der Waals surface area contributed by atoms with Crippen molar-refractivity contribution in [2.24, 2.45) is 0 Å². The number of carbonyl (C=O) groups excluding carboxylic acids is 1. The van der Waals surface area contributed by atoms with Crippen molar-refractivity contribution in [1.82, 2.24) is 0 Å². The quantitative estimate of drug-likeness (QED) is 0.863. The molecular formula is C16H25N2O2+. The van der Waals surface area contributed by atoms with E-state index in [1.165, 1.54) is 4.90 Å². The van der Waals surface area contributed by atoms with Crippen LogP contribution in [0.3, 0.4) is 0 Å². The van der Waals surface area contributed by atoms with E-state index in [9.17, 15) is 4.79 Å². The summed E-state index contributed by atoms with van der Waals surface area (Å²) < 4.78 is 5.70. The zero-order valence-corrected chi connectivity index (χ0v) is 12.8. The molecule has 0 unspecified atom stereocenters. The molecule has 1 aliphatic heterocycles. The molecule has 0 radical (unpaired) electrons. The van der Waals surface area contributed by atoms with Gasteiger partial charge in [-0.1, -0.05) is 18.2 Å². The molecule has 20 heavy (non-hydrogen) atoms. The molecule has 4 nitrogen and oxygen atoms in total. The van der Waals surface area contributed by atoms with Gasteiger partial charge in [-0.15, -0.1) is 0 Å². The highest BCUT2D eigenvalue weighted by Crippen LogP contribution is 2.18. The maximum Gasteiger partial charge on any atom is 0.279 e. The molecule has 2 rings (SSSR count). The van der Waals surface area contributed by atoms with Crippen LogP contribution in [0.4, 0.5) is 5.69 Å². The first-order chi connectivity index (χ1) is 9.45. The van der Waals surface area contributed by atoms with E-state index in [-0.39, 0.29) is 18.1 Å². The maximum absolute atomic E-state index is 12.2. The summed E-state index contributed by atoms with van der Waals surface area (Å²) in [7, 11) is 0. The number of para-hydroxylation sites is 1. The van der Waals surface area contributed by atoms with Crippen LogP contribution in [0.2, 0.25) is 0 Å². The molecule has 110 valence electrons. The monoisotopic (exact) mass is 277 g/mol. The fourth-order valence-electron chi connectivity index (χ4n) is 2.96. The van der Waals surface area contributed by atoms with Gasteiger partial charge in [0.15, 0.2) is 6.54 Å². The Balaban J connectivity index is 1.95. The van der Waals surface area contributed by atoms with E-state index < -0.39 is 0 Å². The van der Waals surface area contributed by atoms with Gasteiger partial charge >= 0.3 is 0 Å². The third kappa shape index (κ3) is 3.81. The van der Waals surface area contributed by atoms with E-state index in [1.807, 2.05) is 32.0 Å². The Labute approximate surface area is 121 Å². The number of hydrogen-bond acceptors (Lipinski definition) is 2. The molecule has 1 heterocycles. The van der Waals surface area contributed by atoms with Crippen molar-refractivity contribution in [3.05, 3.63) is 29.3 Å². The van der Waals surface area contributed by atoms with Gasteiger partial charge in [0.05, 0.1) is 0 Å². The van der Waals surface area contributed by atoms with Gasteiger partial charge < -0.3 is 15.0 Å². The van der Waals surface area contributed by atoms with Crippen molar-refractivity contribution in [3.8, 4) is 0 Å². The molecule has 1 fully saturated rings. The van der Waals surface area contributed by atoms with Crippen LogP contribution in [0.1, 0.15) is 25.0 Å². The number of rotatable bonds is 3. The Morgan fingerprint density at radius 3 is 2.35 bits per heavy atom. The molecule has 0 spiro atoms. The highest BCUT2D eigenvalue weighted by Gasteiger charge is 2.27. The number of nitrogens with one attached hydrogen (secondary N) is 2. The van der Waals surface area contributed by atoms with Crippen molar-refractivity contribution < 1.29 is 14.4 Å². The van der Waals surface area contributed by atoms with Gasteiger partial charge in [-0.05, 0) is 38.8 Å². The average Bonchev–Trinajstić information content (AvgIpc) is 2.32. The SMILES string of the molecule is Cc1cccc(C)c1NC(=O)C[NH+]1C[C@H](C)O[C@@H](C)C1. The summed E-state index contributed by atoms with van der Waals surface area (Å²) in [6.45, 7) is 10.5. The lowest BCUT2D eigenvalue weighted by molar-refractivity contribution is -0.907. The van der Waals surface area contributed by atoms with Gasteiger partial charge in [0, 0.05) is 5.69 Å². The minimum Gasteiger partial charge on any atom is -0.364 e. The Morgan fingerprint density at radius 2 is 1.80 bits per heavy atom. The first-order valence-corrected chi connectivity index (χ1v) is 7.30. The van der Waals surface area contributed by atoms with E-state index in [4.69, 9.17) is 4.74 Å². The fourth-order valence-corrected chi connectivity index (χ4v) is 2.96. The number of carbonyl (C=O) groups is 1. The largest absolute Gasteiger partial charge is 0.364 e. The number of ether oxygens (including phenoxy) is 1. The molecule has 0 aromatic heterocycles. The maximum atomic E-state index is 12.2. The number of morpholine rings is 1. The third-order valence-electron chi connectivity index (χ3n) is 3.77. The second-order valence-corrected chi connectivity index (χ2v) is 5.91. The molecule has 1 aromatic rings. The molecule has 0 aliphatic carbocycles. The highest BCUT2D eigenvalue weighted by molar-refractivity contribution is 5.93. The van der Waals surface area contributed by atoms with Crippen LogP contribution in [0, 0.1) is 13.8 Å². The van der Waals surface area contributed by atoms with E-state index in [0.29, 0.717) is 6.54 Å². The third-order valence-corrected chi connectivity index (χ3v) is 3.77. The lowest BCUT2D eigenvalue weighted by Gasteiger charge is -2.32. The van der Waals surface area contributed by atoms with Gasteiger partial charge in [-0.3, -0.25) is 4.79 Å². The zero-order valence-electron chi connectivity index (χ0n) is 12.8. The van der Waals surface area contributed by atoms with Crippen molar-refractivity contribution in [2.45, 2.75) is 39.9 Å². The number of hydrogen-bond donors (Lipinski definition) is 2. The summed E-state index contributed by atoms with van der Waals surface area (Å²) in [5.41, 5.74) is 3.17. The summed E-state index contributed by atoms with van der Waals surface area (Å²) >= 11 is 0. The standard InChI is InChI=1S/C16H24N2O2/c1-11-6-5-7-12(2)16(11)17-15(19)10-18-8-13(3)20-14(4)9-18/h5-7,13-14H,8-10H2,1-4H3,(H,17,19)/p+1/t13-,14-/m0/s1. The highest BCUT2D eigenvalue weighted by atomic mass is 16.5. The molecule has 4 heteroatoms. The van der Waals surface area contributed by atoms with Crippen molar-refractivity contribution >= 4 is 11.6 Å². The second-order valence-electron chi connectivity index (χ2n) is 5.91. The van der Waals surface area contributed by atoms with Crippen LogP contribution in [-0.2, 0) is 9.53 Å². The average molecular weight is 277 g/mol. The van der Waals surface area contributed by atoms with Gasteiger partial charge in [-0.2, -0.15) is 0 Å². The Bertz CT molecular complexity index is 457. The first-order valence-electron chi connectivity index (χ1n) is 7.30. The molecule has 1 saturated heterocycles. The van der Waals surface area contributed by atoms with E-state index in [1.54, 1.807) is 0 Å². The van der Waals surface area contributed by atoms with Gasteiger partial charge in [0.2, 0.25) is 0 Å². The molecule has 0 bridgehead atoms. The number of aryl methyl sites for hydroxylation is 2. The lowest BCUT2D eigenvalue weighted by atomic mass is 10.1. The zero-order chi connectivity index (χ0) is 14.7. The van der Waals surface area contributed by atoms with Crippen molar-refractivity contribution in [2.75, 3.05) is 25.0 Å². The van der Waals surface area contributed by atoms with E-state index in [2.05, 4.69) is 19.2 Å². The molecule has 2 N–H and O–H groups in total.